The Bertz CT molecular complexity index is 1010. The predicted octanol–water partition coefficient (Wildman–Crippen LogP) is 16.1. The van der Waals surface area contributed by atoms with E-state index in [1.54, 1.807) is 0 Å². The van der Waals surface area contributed by atoms with E-state index in [1.807, 2.05) is 0 Å². The molecule has 3 unspecified atom stereocenters. The number of esters is 1. The van der Waals surface area contributed by atoms with Gasteiger partial charge >= 0.3 is 5.97 Å². The van der Waals surface area contributed by atoms with Crippen LogP contribution in [0, 0.1) is 0 Å². The summed E-state index contributed by atoms with van der Waals surface area (Å²) >= 11 is 0. The number of aliphatic hydroxyl groups excluding tert-OH is 2. The van der Waals surface area contributed by atoms with Crippen molar-refractivity contribution < 1.29 is 24.5 Å². The lowest BCUT2D eigenvalue weighted by Gasteiger charge is -2.24. The lowest BCUT2D eigenvalue weighted by molar-refractivity contribution is -0.151. The van der Waals surface area contributed by atoms with Crippen LogP contribution in [0.2, 0.25) is 0 Å². The summed E-state index contributed by atoms with van der Waals surface area (Å²) in [5.74, 6) is -0.523. The minimum absolute atomic E-state index is 0.0437. The van der Waals surface area contributed by atoms with Crippen molar-refractivity contribution in [1.82, 2.24) is 5.32 Å². The fourth-order valence-electron chi connectivity index (χ4n) is 8.13. The quantitative estimate of drug-likeness (QED) is 0.0245. The number of nitrogens with one attached hydrogen (secondary N) is 1. The summed E-state index contributed by atoms with van der Waals surface area (Å²) in [4.78, 5) is 26.1. The smallest absolute Gasteiger partial charge is 0.306 e. The number of rotatable bonds is 48. The Hall–Kier alpha value is -1.92. The zero-order valence-electron chi connectivity index (χ0n) is 40.8. The van der Waals surface area contributed by atoms with Crippen LogP contribution in [0.3, 0.4) is 0 Å². The molecule has 0 aliphatic heterocycles. The molecule has 6 nitrogen and oxygen atoms in total. The van der Waals surface area contributed by atoms with Crippen LogP contribution >= 0.6 is 0 Å². The number of carbonyl (C=O) groups excluding carboxylic acids is 2. The Morgan fingerprint density at radius 2 is 0.852 bits per heavy atom. The standard InChI is InChI=1S/C55H103NO5/c1-4-7-10-13-16-19-22-25-27-28-30-32-35-38-41-44-47-53(58)52(50-57)56-54(59)49-51(46-43-40-37-34-31-29-26-23-20-17-14-11-8-5-2)61-55(60)48-45-42-39-36-33-24-21-18-15-12-9-6-3/h18,21,29,31,34,37,51-53,57-58H,4-17,19-20,22-28,30,32-33,35-36,38-50H2,1-3H3,(H,56,59)/b21-18-,31-29+,37-34+. The number of hydrogen-bond acceptors (Lipinski definition) is 5. The van der Waals surface area contributed by atoms with E-state index in [1.165, 1.54) is 167 Å². The largest absolute Gasteiger partial charge is 0.462 e. The third kappa shape index (κ3) is 44.5. The molecule has 0 aliphatic carbocycles. The Labute approximate surface area is 379 Å². The first-order chi connectivity index (χ1) is 30.0. The maximum absolute atomic E-state index is 13.2. The molecule has 358 valence electrons. The Kier molecular flexibility index (Phi) is 47.6. The Balaban J connectivity index is 4.58. The lowest BCUT2D eigenvalue weighted by Crippen LogP contribution is -2.46. The molecule has 0 saturated heterocycles. The molecular weight excluding hydrogens is 755 g/mol. The van der Waals surface area contributed by atoms with E-state index in [0.29, 0.717) is 19.3 Å². The second-order valence-corrected chi connectivity index (χ2v) is 18.3. The number of aliphatic hydroxyl groups is 2. The summed E-state index contributed by atoms with van der Waals surface area (Å²) in [6.07, 6.45) is 57.8. The van der Waals surface area contributed by atoms with Gasteiger partial charge in [-0.1, -0.05) is 231 Å². The molecule has 61 heavy (non-hydrogen) atoms. The maximum atomic E-state index is 13.2. The van der Waals surface area contributed by atoms with Crippen LogP contribution in [0.15, 0.2) is 36.5 Å². The van der Waals surface area contributed by atoms with Crippen LogP contribution in [0.1, 0.15) is 278 Å². The molecule has 0 radical (unpaired) electrons. The molecule has 3 atom stereocenters. The molecule has 0 saturated carbocycles. The van der Waals surface area contributed by atoms with Gasteiger partial charge in [0.1, 0.15) is 6.10 Å². The van der Waals surface area contributed by atoms with Gasteiger partial charge in [-0.3, -0.25) is 9.59 Å². The molecular formula is C55H103NO5. The van der Waals surface area contributed by atoms with Crippen molar-refractivity contribution in [3.05, 3.63) is 36.5 Å². The van der Waals surface area contributed by atoms with Gasteiger partial charge in [0, 0.05) is 6.42 Å². The van der Waals surface area contributed by atoms with Crippen molar-refractivity contribution in [1.29, 1.82) is 0 Å². The molecule has 3 N–H and O–H groups in total. The van der Waals surface area contributed by atoms with Gasteiger partial charge in [-0.25, -0.2) is 0 Å². The fourth-order valence-corrected chi connectivity index (χ4v) is 8.13. The molecule has 0 spiro atoms. The first-order valence-corrected chi connectivity index (χ1v) is 26.7. The van der Waals surface area contributed by atoms with E-state index < -0.39 is 18.2 Å². The van der Waals surface area contributed by atoms with Gasteiger partial charge in [0.2, 0.25) is 5.91 Å². The van der Waals surface area contributed by atoms with Crippen LogP contribution in [-0.4, -0.2) is 46.9 Å². The first kappa shape index (κ1) is 59.1. The first-order valence-electron chi connectivity index (χ1n) is 26.7. The normalized spacial score (nSPS) is 13.5. The highest BCUT2D eigenvalue weighted by molar-refractivity contribution is 5.77. The molecule has 6 heteroatoms. The fraction of sp³-hybridized carbons (Fsp3) is 0.855. The van der Waals surface area contributed by atoms with E-state index in [-0.39, 0.29) is 24.9 Å². The van der Waals surface area contributed by atoms with E-state index in [4.69, 9.17) is 4.74 Å². The van der Waals surface area contributed by atoms with Gasteiger partial charge in [-0.05, 0) is 70.6 Å². The molecule has 0 bridgehead atoms. The summed E-state index contributed by atoms with van der Waals surface area (Å²) in [5.41, 5.74) is 0. The second-order valence-electron chi connectivity index (χ2n) is 18.3. The van der Waals surface area contributed by atoms with Crippen LogP contribution in [0.5, 0.6) is 0 Å². The van der Waals surface area contributed by atoms with E-state index in [0.717, 1.165) is 64.2 Å². The van der Waals surface area contributed by atoms with Crippen molar-refractivity contribution in [2.45, 2.75) is 296 Å². The zero-order chi connectivity index (χ0) is 44.5. The minimum Gasteiger partial charge on any atom is -0.462 e. The van der Waals surface area contributed by atoms with Crippen molar-refractivity contribution in [3.63, 3.8) is 0 Å². The molecule has 0 heterocycles. The summed E-state index contributed by atoms with van der Waals surface area (Å²) in [6.45, 7) is 6.46. The number of hydrogen-bond donors (Lipinski definition) is 3. The average Bonchev–Trinajstić information content (AvgIpc) is 3.25. The minimum atomic E-state index is -0.799. The molecule has 0 aliphatic rings. The zero-order valence-corrected chi connectivity index (χ0v) is 40.8. The molecule has 0 rings (SSSR count). The molecule has 0 aromatic carbocycles. The van der Waals surface area contributed by atoms with Crippen LogP contribution in [-0.2, 0) is 14.3 Å². The summed E-state index contributed by atoms with van der Waals surface area (Å²) in [5, 5.41) is 23.8. The van der Waals surface area contributed by atoms with Gasteiger partial charge in [-0.2, -0.15) is 0 Å². The van der Waals surface area contributed by atoms with Crippen LogP contribution in [0.25, 0.3) is 0 Å². The SMILES string of the molecule is CCCCC/C=C\CCCCCCCC(=O)OC(CCC/C=C/C=C/CCCCCCCCC)CC(=O)NC(CO)C(O)CCCCCCCCCCCCCCCCCC. The van der Waals surface area contributed by atoms with Crippen molar-refractivity contribution in [3.8, 4) is 0 Å². The van der Waals surface area contributed by atoms with Gasteiger partial charge < -0.3 is 20.3 Å². The van der Waals surface area contributed by atoms with Crippen LogP contribution < -0.4 is 5.32 Å². The van der Waals surface area contributed by atoms with Gasteiger partial charge in [0.05, 0.1) is 25.2 Å². The average molecular weight is 858 g/mol. The van der Waals surface area contributed by atoms with E-state index in [2.05, 4.69) is 62.5 Å². The van der Waals surface area contributed by atoms with Gasteiger partial charge in [0.15, 0.2) is 0 Å². The monoisotopic (exact) mass is 858 g/mol. The number of carbonyl (C=O) groups is 2. The maximum Gasteiger partial charge on any atom is 0.306 e. The second kappa shape index (κ2) is 49.1. The molecule has 0 fully saturated rings. The molecule has 0 aromatic heterocycles. The summed E-state index contributed by atoms with van der Waals surface area (Å²) in [7, 11) is 0. The lowest BCUT2D eigenvalue weighted by atomic mass is 10.0. The van der Waals surface area contributed by atoms with Crippen molar-refractivity contribution in [2.75, 3.05) is 6.61 Å². The third-order valence-electron chi connectivity index (χ3n) is 12.2. The highest BCUT2D eigenvalue weighted by Gasteiger charge is 2.24. The highest BCUT2D eigenvalue weighted by atomic mass is 16.5. The summed E-state index contributed by atoms with van der Waals surface area (Å²) < 4.78 is 5.90. The van der Waals surface area contributed by atoms with Crippen LogP contribution in [0.4, 0.5) is 0 Å². The Morgan fingerprint density at radius 1 is 0.475 bits per heavy atom. The Morgan fingerprint density at radius 3 is 1.33 bits per heavy atom. The predicted molar refractivity (Wildman–Crippen MR) is 264 cm³/mol. The van der Waals surface area contributed by atoms with Gasteiger partial charge in [0.25, 0.3) is 0 Å². The number of ether oxygens (including phenoxy) is 1. The van der Waals surface area contributed by atoms with E-state index in [9.17, 15) is 19.8 Å². The van der Waals surface area contributed by atoms with Crippen molar-refractivity contribution in [2.24, 2.45) is 0 Å². The highest BCUT2D eigenvalue weighted by Crippen LogP contribution is 2.17. The van der Waals surface area contributed by atoms with Gasteiger partial charge in [-0.15, -0.1) is 0 Å². The summed E-state index contributed by atoms with van der Waals surface area (Å²) in [6, 6.07) is -0.715. The van der Waals surface area contributed by atoms with E-state index >= 15 is 0 Å². The third-order valence-corrected chi connectivity index (χ3v) is 12.2. The molecule has 1 amide bonds. The number of unbranched alkanes of at least 4 members (excludes halogenated alkanes) is 31. The molecule has 0 aromatic rings. The topological polar surface area (TPSA) is 95.9 Å². The number of amides is 1. The number of allylic oxidation sites excluding steroid dienone is 6. The van der Waals surface area contributed by atoms with Crippen molar-refractivity contribution >= 4 is 11.9 Å².